The van der Waals surface area contributed by atoms with Gasteiger partial charge >= 0.3 is 0 Å². The highest BCUT2D eigenvalue weighted by molar-refractivity contribution is 5.07. The summed E-state index contributed by atoms with van der Waals surface area (Å²) in [7, 11) is 0. The summed E-state index contributed by atoms with van der Waals surface area (Å²) >= 11 is 0. The van der Waals surface area contributed by atoms with Crippen molar-refractivity contribution in [2.45, 2.75) is 19.5 Å². The zero-order chi connectivity index (χ0) is 8.10. The first-order valence-corrected chi connectivity index (χ1v) is 3.79. The minimum atomic E-state index is 0.171. The molecule has 0 radical (unpaired) electrons. The van der Waals surface area contributed by atoms with Gasteiger partial charge in [-0.1, -0.05) is 0 Å². The molecular weight excluding hydrogens is 140 g/mol. The molecule has 3 N–H and O–H groups in total. The van der Waals surface area contributed by atoms with Crippen LogP contribution >= 0.6 is 0 Å². The lowest BCUT2D eigenvalue weighted by Crippen LogP contribution is -2.28. The van der Waals surface area contributed by atoms with Crippen molar-refractivity contribution >= 4 is 0 Å². The molecule has 0 aliphatic carbocycles. The minimum absolute atomic E-state index is 0.171. The number of aliphatic hydroxyl groups excluding tert-OH is 1. The summed E-state index contributed by atoms with van der Waals surface area (Å²) < 4.78 is 0. The van der Waals surface area contributed by atoms with E-state index in [-0.39, 0.29) is 12.6 Å². The average Bonchev–Trinajstić information content (AvgIpc) is 2.52. The third-order valence-electron chi connectivity index (χ3n) is 1.59. The normalized spacial score (nSPS) is 13.3. The molecule has 0 bridgehead atoms. The van der Waals surface area contributed by atoms with Crippen LogP contribution < -0.4 is 5.32 Å². The fourth-order valence-electron chi connectivity index (χ4n) is 0.825. The van der Waals surface area contributed by atoms with Crippen molar-refractivity contribution in [2.24, 2.45) is 0 Å². The van der Waals surface area contributed by atoms with Crippen molar-refractivity contribution in [3.63, 3.8) is 0 Å². The summed E-state index contributed by atoms with van der Waals surface area (Å²) in [6.45, 7) is 2.95. The van der Waals surface area contributed by atoms with Crippen LogP contribution in [0.15, 0.2) is 18.5 Å². The Bertz CT molecular complexity index is 184. The Balaban J connectivity index is 2.23. The highest BCUT2D eigenvalue weighted by Crippen LogP contribution is 1.95. The number of H-pyrrole nitrogens is 1. The molecular formula is C8H14N2O. The van der Waals surface area contributed by atoms with E-state index in [1.54, 1.807) is 0 Å². The molecule has 0 fully saturated rings. The largest absolute Gasteiger partial charge is 0.395 e. The maximum atomic E-state index is 8.69. The van der Waals surface area contributed by atoms with E-state index in [2.05, 4.69) is 10.3 Å². The van der Waals surface area contributed by atoms with Gasteiger partial charge in [-0.2, -0.15) is 0 Å². The second-order valence-corrected chi connectivity index (χ2v) is 2.68. The van der Waals surface area contributed by atoms with Crippen LogP contribution in [-0.4, -0.2) is 22.7 Å². The zero-order valence-electron chi connectivity index (χ0n) is 6.67. The summed E-state index contributed by atoms with van der Waals surface area (Å²) in [4.78, 5) is 2.97. The fourth-order valence-corrected chi connectivity index (χ4v) is 0.825. The fraction of sp³-hybridized carbons (Fsp3) is 0.500. The maximum Gasteiger partial charge on any atom is 0.0582 e. The van der Waals surface area contributed by atoms with Gasteiger partial charge in [0.15, 0.2) is 0 Å². The molecule has 0 aromatic carbocycles. The van der Waals surface area contributed by atoms with Gasteiger partial charge in [0.05, 0.1) is 6.61 Å². The van der Waals surface area contributed by atoms with Gasteiger partial charge in [0.25, 0.3) is 0 Å². The van der Waals surface area contributed by atoms with Crippen LogP contribution in [0.1, 0.15) is 12.5 Å². The van der Waals surface area contributed by atoms with E-state index in [1.165, 1.54) is 5.56 Å². The smallest absolute Gasteiger partial charge is 0.0582 e. The Hall–Kier alpha value is -0.800. The Morgan fingerprint density at radius 2 is 2.55 bits per heavy atom. The van der Waals surface area contributed by atoms with Gasteiger partial charge in [0.1, 0.15) is 0 Å². The molecule has 0 saturated heterocycles. The topological polar surface area (TPSA) is 48.0 Å². The number of aliphatic hydroxyl groups is 1. The summed E-state index contributed by atoms with van der Waals surface area (Å²) in [5, 5.41) is 11.9. The third-order valence-corrected chi connectivity index (χ3v) is 1.59. The van der Waals surface area contributed by atoms with E-state index < -0.39 is 0 Å². The van der Waals surface area contributed by atoms with Crippen molar-refractivity contribution in [2.75, 3.05) is 6.61 Å². The SMILES string of the molecule is C[C@@H](CO)NCc1cc[nH]c1. The molecule has 1 heterocycles. The molecule has 11 heavy (non-hydrogen) atoms. The van der Waals surface area contributed by atoms with Crippen LogP contribution in [0.5, 0.6) is 0 Å². The highest BCUT2D eigenvalue weighted by atomic mass is 16.3. The lowest BCUT2D eigenvalue weighted by molar-refractivity contribution is 0.251. The molecule has 0 unspecified atom stereocenters. The number of aromatic nitrogens is 1. The molecule has 0 saturated carbocycles. The lowest BCUT2D eigenvalue weighted by Gasteiger charge is -2.08. The van der Waals surface area contributed by atoms with Crippen LogP contribution in [0.4, 0.5) is 0 Å². The molecule has 0 spiro atoms. The molecule has 1 rings (SSSR count). The predicted octanol–water partition coefficient (Wildman–Crippen LogP) is 0.485. The number of hydrogen-bond acceptors (Lipinski definition) is 2. The molecule has 1 aromatic heterocycles. The Kier molecular flexibility index (Phi) is 3.14. The maximum absolute atomic E-state index is 8.69. The first-order valence-electron chi connectivity index (χ1n) is 3.79. The average molecular weight is 154 g/mol. The van der Waals surface area contributed by atoms with Crippen LogP contribution in [0.2, 0.25) is 0 Å². The monoisotopic (exact) mass is 154 g/mol. The van der Waals surface area contributed by atoms with Crippen molar-refractivity contribution in [1.29, 1.82) is 0 Å². The molecule has 1 atom stereocenters. The number of hydrogen-bond donors (Lipinski definition) is 3. The van der Waals surface area contributed by atoms with E-state index >= 15 is 0 Å². The minimum Gasteiger partial charge on any atom is -0.395 e. The number of rotatable bonds is 4. The van der Waals surface area contributed by atoms with Crippen LogP contribution in [0.25, 0.3) is 0 Å². The quantitative estimate of drug-likeness (QED) is 0.591. The van der Waals surface area contributed by atoms with Crippen molar-refractivity contribution < 1.29 is 5.11 Å². The number of aromatic amines is 1. The van der Waals surface area contributed by atoms with E-state index in [4.69, 9.17) is 5.11 Å². The molecule has 0 aliphatic rings. The lowest BCUT2D eigenvalue weighted by atomic mass is 10.3. The van der Waals surface area contributed by atoms with E-state index in [1.807, 2.05) is 25.4 Å². The predicted molar refractivity (Wildman–Crippen MR) is 44.2 cm³/mol. The Morgan fingerprint density at radius 3 is 3.09 bits per heavy atom. The molecule has 0 aliphatic heterocycles. The van der Waals surface area contributed by atoms with E-state index in [0.717, 1.165) is 6.54 Å². The summed E-state index contributed by atoms with van der Waals surface area (Å²) in [5.74, 6) is 0. The third kappa shape index (κ3) is 2.74. The standard InChI is InChI=1S/C8H14N2O/c1-7(6-11)10-5-8-2-3-9-4-8/h2-4,7,9-11H,5-6H2,1H3/t7-/m0/s1. The van der Waals surface area contributed by atoms with Gasteiger partial charge < -0.3 is 15.4 Å². The molecule has 3 heteroatoms. The summed E-state index contributed by atoms with van der Waals surface area (Å²) in [6, 6.07) is 2.18. The zero-order valence-corrected chi connectivity index (χ0v) is 6.67. The molecule has 3 nitrogen and oxygen atoms in total. The van der Waals surface area contributed by atoms with Gasteiger partial charge in [-0.3, -0.25) is 0 Å². The van der Waals surface area contributed by atoms with Gasteiger partial charge in [-0.05, 0) is 18.6 Å². The van der Waals surface area contributed by atoms with Crippen molar-refractivity contribution in [1.82, 2.24) is 10.3 Å². The van der Waals surface area contributed by atoms with Gasteiger partial charge in [-0.25, -0.2) is 0 Å². The van der Waals surface area contributed by atoms with Crippen molar-refractivity contribution in [3.05, 3.63) is 24.0 Å². The van der Waals surface area contributed by atoms with E-state index in [0.29, 0.717) is 0 Å². The molecule has 0 amide bonds. The molecule has 62 valence electrons. The van der Waals surface area contributed by atoms with Gasteiger partial charge in [0.2, 0.25) is 0 Å². The highest BCUT2D eigenvalue weighted by Gasteiger charge is 1.97. The second-order valence-electron chi connectivity index (χ2n) is 2.68. The van der Waals surface area contributed by atoms with Crippen LogP contribution in [0.3, 0.4) is 0 Å². The first-order chi connectivity index (χ1) is 5.33. The Morgan fingerprint density at radius 1 is 1.73 bits per heavy atom. The van der Waals surface area contributed by atoms with Crippen LogP contribution in [-0.2, 0) is 6.54 Å². The Labute approximate surface area is 66.4 Å². The molecule has 1 aromatic rings. The van der Waals surface area contributed by atoms with Gasteiger partial charge in [-0.15, -0.1) is 0 Å². The van der Waals surface area contributed by atoms with Gasteiger partial charge in [0, 0.05) is 25.0 Å². The first kappa shape index (κ1) is 8.30. The second kappa shape index (κ2) is 4.16. The van der Waals surface area contributed by atoms with E-state index in [9.17, 15) is 0 Å². The van der Waals surface area contributed by atoms with Crippen molar-refractivity contribution in [3.8, 4) is 0 Å². The van der Waals surface area contributed by atoms with Crippen LogP contribution in [0, 0.1) is 0 Å². The number of nitrogens with one attached hydrogen (secondary N) is 2. The summed E-state index contributed by atoms with van der Waals surface area (Å²) in [5.41, 5.74) is 1.21. The summed E-state index contributed by atoms with van der Waals surface area (Å²) in [6.07, 6.45) is 3.83.